The topological polar surface area (TPSA) is 90.2 Å². The minimum atomic E-state index is 0. The molecule has 0 amide bonds. The first-order chi connectivity index (χ1) is 12.7. The molecule has 11 heteroatoms. The molecule has 0 atom stereocenters. The van der Waals surface area contributed by atoms with E-state index in [1.807, 2.05) is 36.6 Å². The number of benzene rings is 1. The SMILES string of the molecule is CSC([SH2+])=NN=CC(=N/N=C(/[SH2+])NCCc1cnc[nH]1)c1ccccc1.[Ni+2]. The van der Waals surface area contributed by atoms with Gasteiger partial charge in [0.2, 0.25) is 0 Å². The number of imidazole rings is 1. The molecule has 1 aromatic carbocycles. The molecule has 0 radical (unpaired) electrons. The van der Waals surface area contributed by atoms with Gasteiger partial charge in [-0.1, -0.05) is 52.3 Å². The fourth-order valence-corrected chi connectivity index (χ4v) is 2.18. The van der Waals surface area contributed by atoms with E-state index in [-0.39, 0.29) is 16.5 Å². The van der Waals surface area contributed by atoms with Crippen molar-refractivity contribution < 1.29 is 16.5 Å². The van der Waals surface area contributed by atoms with Crippen molar-refractivity contribution >= 4 is 58.5 Å². The summed E-state index contributed by atoms with van der Waals surface area (Å²) in [5.74, 6) is 0. The molecule has 144 valence electrons. The van der Waals surface area contributed by atoms with Crippen molar-refractivity contribution in [2.45, 2.75) is 6.42 Å². The van der Waals surface area contributed by atoms with Crippen molar-refractivity contribution in [3.63, 3.8) is 0 Å². The van der Waals surface area contributed by atoms with E-state index in [4.69, 9.17) is 0 Å². The molecular weight excluding hydrogens is 445 g/mol. The van der Waals surface area contributed by atoms with E-state index in [1.165, 1.54) is 11.8 Å². The number of hydrogen-bond acceptors (Lipinski definition) is 6. The Morgan fingerprint density at radius 1 is 1.22 bits per heavy atom. The minimum absolute atomic E-state index is 0. The fraction of sp³-hybridized carbons (Fsp3) is 0.188. The van der Waals surface area contributed by atoms with E-state index < -0.39 is 0 Å². The molecule has 0 aliphatic heterocycles. The maximum Gasteiger partial charge on any atom is 2.00 e. The van der Waals surface area contributed by atoms with E-state index in [9.17, 15) is 0 Å². The molecule has 0 unspecified atom stereocenters. The Hall–Kier alpha value is -1.55. The maximum absolute atomic E-state index is 4.26. The Balaban J connectivity index is 0.00000364. The van der Waals surface area contributed by atoms with E-state index >= 15 is 0 Å². The van der Waals surface area contributed by atoms with Crippen molar-refractivity contribution in [2.75, 3.05) is 12.8 Å². The number of aromatic nitrogens is 2. The molecule has 0 aliphatic carbocycles. The molecule has 0 saturated heterocycles. The third-order valence-electron chi connectivity index (χ3n) is 3.09. The van der Waals surface area contributed by atoms with Crippen LogP contribution in [0.4, 0.5) is 0 Å². The summed E-state index contributed by atoms with van der Waals surface area (Å²) in [6.45, 7) is 0.694. The van der Waals surface area contributed by atoms with Crippen LogP contribution in [0.25, 0.3) is 0 Å². The molecule has 0 spiro atoms. The van der Waals surface area contributed by atoms with Crippen LogP contribution in [0.2, 0.25) is 0 Å². The first-order valence-corrected chi connectivity index (χ1v) is 9.92. The average Bonchev–Trinajstić information content (AvgIpc) is 3.18. The number of aromatic amines is 1. The van der Waals surface area contributed by atoms with Crippen molar-refractivity contribution in [1.29, 1.82) is 0 Å². The number of hydrogen-bond donors (Lipinski definition) is 2. The summed E-state index contributed by atoms with van der Waals surface area (Å²) in [7, 11) is 0. The first-order valence-electron chi connectivity index (χ1n) is 7.69. The largest absolute Gasteiger partial charge is 2.00 e. The number of thioether (sulfide) groups is 1. The van der Waals surface area contributed by atoms with Gasteiger partial charge in [-0.15, -0.1) is 5.10 Å². The Kier molecular flexibility index (Phi) is 11.8. The van der Waals surface area contributed by atoms with Gasteiger partial charge in [0.15, 0.2) is 0 Å². The number of nitrogens with zero attached hydrogens (tertiary/aromatic N) is 5. The van der Waals surface area contributed by atoms with Gasteiger partial charge in [-0.05, 0) is 6.26 Å². The summed E-state index contributed by atoms with van der Waals surface area (Å²) < 4.78 is 0.679. The predicted octanol–water partition coefficient (Wildman–Crippen LogP) is 1.03. The second kappa shape index (κ2) is 13.6. The number of rotatable bonds is 7. The van der Waals surface area contributed by atoms with Crippen molar-refractivity contribution in [1.82, 2.24) is 15.3 Å². The van der Waals surface area contributed by atoms with E-state index in [0.717, 1.165) is 17.7 Å². The second-order valence-corrected chi connectivity index (χ2v) is 7.01. The average molecular weight is 466 g/mol. The predicted molar refractivity (Wildman–Crippen MR) is 120 cm³/mol. The summed E-state index contributed by atoms with van der Waals surface area (Å²) in [5.41, 5.74) is 2.54. The molecule has 1 heterocycles. The van der Waals surface area contributed by atoms with E-state index in [2.05, 4.69) is 60.9 Å². The molecule has 0 saturated carbocycles. The van der Waals surface area contributed by atoms with E-state index in [0.29, 0.717) is 21.8 Å². The summed E-state index contributed by atoms with van der Waals surface area (Å²) in [4.78, 5) is 7.03. The third kappa shape index (κ3) is 9.28. The summed E-state index contributed by atoms with van der Waals surface area (Å²) >= 11 is 8.23. The number of H-pyrrole nitrogens is 1. The summed E-state index contributed by atoms with van der Waals surface area (Å²) in [6.07, 6.45) is 7.73. The molecule has 0 fully saturated rings. The molecule has 2 rings (SSSR count). The van der Waals surface area contributed by atoms with Gasteiger partial charge in [0.1, 0.15) is 5.71 Å². The van der Waals surface area contributed by atoms with Crippen LogP contribution in [0.1, 0.15) is 11.3 Å². The molecule has 2 aromatic rings. The van der Waals surface area contributed by atoms with Gasteiger partial charge < -0.3 is 10.3 Å². The summed E-state index contributed by atoms with van der Waals surface area (Å²) in [6, 6.07) is 9.68. The fourth-order valence-electron chi connectivity index (χ4n) is 1.82. The van der Waals surface area contributed by atoms with Crippen LogP contribution in [-0.2, 0) is 48.2 Å². The van der Waals surface area contributed by atoms with Crippen LogP contribution in [0, 0.1) is 0 Å². The maximum atomic E-state index is 4.26. The van der Waals surface area contributed by atoms with Crippen LogP contribution in [0.3, 0.4) is 0 Å². The first kappa shape index (κ1) is 23.5. The molecule has 7 nitrogen and oxygen atoms in total. The molecule has 0 aliphatic rings. The smallest absolute Gasteiger partial charge is 0.348 e. The monoisotopic (exact) mass is 465 g/mol. The van der Waals surface area contributed by atoms with Crippen LogP contribution in [-0.4, -0.2) is 44.2 Å². The number of nitrogens with one attached hydrogen (secondary N) is 2. The Morgan fingerprint density at radius 3 is 2.67 bits per heavy atom. The van der Waals surface area contributed by atoms with Crippen molar-refractivity contribution in [2.24, 2.45) is 20.4 Å². The standard InChI is InChI=1S/C16H19N7S3.Ni/c1-26-16(25)23-20-10-14(12-5-3-2-4-6-12)21-22-15(24)18-8-7-13-9-17-11-19-13;/h2-6,9-11H,7-8H2,1H3,(H,17,19)(H,23,25)(H2,18,22,24);/q;+2/p+2. The molecule has 0 bridgehead atoms. The van der Waals surface area contributed by atoms with Gasteiger partial charge in [0.05, 0.1) is 12.5 Å². The summed E-state index contributed by atoms with van der Waals surface area (Å²) in [5, 5.41) is 20.1. The van der Waals surface area contributed by atoms with Gasteiger partial charge in [-0.3, -0.25) is 0 Å². The Labute approximate surface area is 183 Å². The Bertz CT molecular complexity index is 790. The zero-order chi connectivity index (χ0) is 18.6. The Morgan fingerprint density at radius 2 is 2.00 bits per heavy atom. The van der Waals surface area contributed by atoms with Crippen LogP contribution in [0.5, 0.6) is 0 Å². The quantitative estimate of drug-likeness (QED) is 0.210. The molecule has 27 heavy (non-hydrogen) atoms. The minimum Gasteiger partial charge on any atom is -0.348 e. The van der Waals surface area contributed by atoms with Crippen LogP contribution >= 0.6 is 11.8 Å². The van der Waals surface area contributed by atoms with Gasteiger partial charge in [-0.2, -0.15) is 5.10 Å². The zero-order valence-electron chi connectivity index (χ0n) is 14.5. The van der Waals surface area contributed by atoms with Crippen molar-refractivity contribution in [3.8, 4) is 0 Å². The normalized spacial score (nSPS) is 12.9. The molecular formula is C16H21N7NiS3+4. The second-order valence-electron chi connectivity index (χ2n) is 4.91. The zero-order valence-corrected chi connectivity index (χ0v) is 18.3. The van der Waals surface area contributed by atoms with Gasteiger partial charge in [0, 0.05) is 55.7 Å². The van der Waals surface area contributed by atoms with E-state index in [1.54, 1.807) is 18.7 Å². The van der Waals surface area contributed by atoms with Gasteiger partial charge >= 0.3 is 21.7 Å². The van der Waals surface area contributed by atoms with Gasteiger partial charge in [0.25, 0.3) is 4.38 Å². The molecule has 1 aromatic heterocycles. The molecule has 2 N–H and O–H groups in total. The van der Waals surface area contributed by atoms with Crippen LogP contribution < -0.4 is 5.32 Å². The van der Waals surface area contributed by atoms with Crippen molar-refractivity contribution in [3.05, 3.63) is 54.1 Å². The number of amidine groups is 1. The van der Waals surface area contributed by atoms with Gasteiger partial charge in [-0.25, -0.2) is 4.98 Å². The third-order valence-corrected chi connectivity index (χ3v) is 4.55. The van der Waals surface area contributed by atoms with Crippen LogP contribution in [0.15, 0.2) is 63.3 Å².